The van der Waals surface area contributed by atoms with Crippen molar-refractivity contribution in [3.05, 3.63) is 71.3 Å². The molecule has 0 aliphatic heterocycles. The maximum absolute atomic E-state index is 13.1. The molecule has 3 rings (SSSR count). The maximum Gasteiger partial charge on any atom is 0.243 e. The highest BCUT2D eigenvalue weighted by Gasteiger charge is 2.26. The standard InChI is InChI=1S/C24H29N3O3/c25-22(28)15-16-23(29)26-21(14-13-17-7-2-1-3-8-17)24(30)27-20-12-6-10-18-9-4-5-11-19(18)20/h1-5,7-9,11,20-21H,6,10,12-16H2,(H2,25,28)(H,26,29)(H,27,30)/t20-,21+/m1/s1. The Kier molecular flexibility index (Phi) is 7.60. The number of aryl methyl sites for hydroxylation is 2. The van der Waals surface area contributed by atoms with Crippen LogP contribution in [0, 0.1) is 0 Å². The second-order valence-electron chi connectivity index (χ2n) is 7.76. The van der Waals surface area contributed by atoms with Crippen molar-refractivity contribution in [3.8, 4) is 0 Å². The van der Waals surface area contributed by atoms with Crippen LogP contribution in [0.3, 0.4) is 0 Å². The van der Waals surface area contributed by atoms with Crippen LogP contribution in [0.15, 0.2) is 54.6 Å². The Labute approximate surface area is 177 Å². The van der Waals surface area contributed by atoms with E-state index in [0.29, 0.717) is 12.8 Å². The molecule has 0 aromatic heterocycles. The van der Waals surface area contributed by atoms with Crippen LogP contribution in [-0.2, 0) is 27.2 Å². The second kappa shape index (κ2) is 10.6. The first-order valence-electron chi connectivity index (χ1n) is 10.5. The Morgan fingerprint density at radius 1 is 1.00 bits per heavy atom. The topological polar surface area (TPSA) is 101 Å². The van der Waals surface area contributed by atoms with E-state index >= 15 is 0 Å². The van der Waals surface area contributed by atoms with E-state index in [-0.39, 0.29) is 30.7 Å². The molecule has 0 spiro atoms. The van der Waals surface area contributed by atoms with Crippen molar-refractivity contribution in [1.82, 2.24) is 10.6 Å². The fourth-order valence-corrected chi connectivity index (χ4v) is 3.90. The molecule has 0 saturated carbocycles. The van der Waals surface area contributed by atoms with Crippen molar-refractivity contribution in [1.29, 1.82) is 0 Å². The van der Waals surface area contributed by atoms with Gasteiger partial charge in [0.1, 0.15) is 6.04 Å². The summed E-state index contributed by atoms with van der Waals surface area (Å²) in [4.78, 5) is 36.3. The first-order valence-corrected chi connectivity index (χ1v) is 10.5. The third-order valence-corrected chi connectivity index (χ3v) is 5.50. The summed E-state index contributed by atoms with van der Waals surface area (Å²) in [6, 6.07) is 17.3. The van der Waals surface area contributed by atoms with Crippen LogP contribution in [0.1, 0.15) is 54.8 Å². The molecular formula is C24H29N3O3. The molecule has 2 aromatic rings. The van der Waals surface area contributed by atoms with Gasteiger partial charge in [0.25, 0.3) is 0 Å². The molecule has 1 aliphatic rings. The van der Waals surface area contributed by atoms with Crippen LogP contribution in [-0.4, -0.2) is 23.8 Å². The van der Waals surface area contributed by atoms with Crippen molar-refractivity contribution in [2.24, 2.45) is 5.73 Å². The predicted molar refractivity (Wildman–Crippen MR) is 115 cm³/mol. The summed E-state index contributed by atoms with van der Waals surface area (Å²) in [5.74, 6) is -1.07. The fraction of sp³-hybridized carbons (Fsp3) is 0.375. The van der Waals surface area contributed by atoms with Crippen LogP contribution in [0.4, 0.5) is 0 Å². The lowest BCUT2D eigenvalue weighted by Gasteiger charge is -2.28. The van der Waals surface area contributed by atoms with Crippen molar-refractivity contribution >= 4 is 17.7 Å². The molecule has 30 heavy (non-hydrogen) atoms. The molecule has 0 fully saturated rings. The monoisotopic (exact) mass is 407 g/mol. The zero-order chi connectivity index (χ0) is 21.3. The number of hydrogen-bond donors (Lipinski definition) is 3. The normalized spacial score (nSPS) is 16.2. The van der Waals surface area contributed by atoms with E-state index < -0.39 is 11.9 Å². The van der Waals surface area contributed by atoms with E-state index in [0.717, 1.165) is 30.4 Å². The second-order valence-corrected chi connectivity index (χ2v) is 7.76. The van der Waals surface area contributed by atoms with Gasteiger partial charge in [-0.25, -0.2) is 0 Å². The molecule has 0 radical (unpaired) electrons. The van der Waals surface area contributed by atoms with Gasteiger partial charge < -0.3 is 16.4 Å². The van der Waals surface area contributed by atoms with Crippen LogP contribution in [0.2, 0.25) is 0 Å². The molecule has 0 unspecified atom stereocenters. The van der Waals surface area contributed by atoms with E-state index in [1.165, 1.54) is 5.56 Å². The maximum atomic E-state index is 13.1. The van der Waals surface area contributed by atoms with Gasteiger partial charge in [0, 0.05) is 12.8 Å². The quantitative estimate of drug-likeness (QED) is 0.595. The third-order valence-electron chi connectivity index (χ3n) is 5.50. The number of nitrogens with one attached hydrogen (secondary N) is 2. The highest BCUT2D eigenvalue weighted by molar-refractivity contribution is 5.89. The summed E-state index contributed by atoms with van der Waals surface area (Å²) in [6.07, 6.45) is 4.00. The molecule has 0 saturated heterocycles. The Balaban J connectivity index is 1.67. The molecule has 4 N–H and O–H groups in total. The number of rotatable bonds is 9. The molecule has 0 heterocycles. The summed E-state index contributed by atoms with van der Waals surface area (Å²) >= 11 is 0. The number of carbonyl (C=O) groups is 3. The number of nitrogens with two attached hydrogens (primary N) is 1. The fourth-order valence-electron chi connectivity index (χ4n) is 3.90. The van der Waals surface area contributed by atoms with Crippen LogP contribution in [0.5, 0.6) is 0 Å². The van der Waals surface area contributed by atoms with Crippen molar-refractivity contribution in [2.45, 2.75) is 57.0 Å². The zero-order valence-electron chi connectivity index (χ0n) is 17.1. The number of benzene rings is 2. The zero-order valence-corrected chi connectivity index (χ0v) is 17.1. The number of hydrogen-bond acceptors (Lipinski definition) is 3. The lowest BCUT2D eigenvalue weighted by atomic mass is 9.87. The van der Waals surface area contributed by atoms with E-state index in [2.05, 4.69) is 22.8 Å². The van der Waals surface area contributed by atoms with Crippen molar-refractivity contribution in [3.63, 3.8) is 0 Å². The first kappa shape index (κ1) is 21.6. The largest absolute Gasteiger partial charge is 0.370 e. The first-order chi connectivity index (χ1) is 14.5. The molecule has 0 bridgehead atoms. The predicted octanol–water partition coefficient (Wildman–Crippen LogP) is 2.56. The molecule has 6 nitrogen and oxygen atoms in total. The van der Waals surface area contributed by atoms with Gasteiger partial charge in [-0.1, -0.05) is 54.6 Å². The lowest BCUT2D eigenvalue weighted by molar-refractivity contribution is -0.130. The van der Waals surface area contributed by atoms with Crippen LogP contribution in [0.25, 0.3) is 0 Å². The van der Waals surface area contributed by atoms with Gasteiger partial charge in [0.2, 0.25) is 17.7 Å². The molecule has 158 valence electrons. The summed E-state index contributed by atoms with van der Waals surface area (Å²) < 4.78 is 0. The summed E-state index contributed by atoms with van der Waals surface area (Å²) in [5.41, 5.74) is 8.65. The molecular weight excluding hydrogens is 378 g/mol. The van der Waals surface area contributed by atoms with Gasteiger partial charge in [-0.05, 0) is 48.8 Å². The van der Waals surface area contributed by atoms with E-state index in [4.69, 9.17) is 5.73 Å². The van der Waals surface area contributed by atoms with Crippen LogP contribution >= 0.6 is 0 Å². The number of amides is 3. The molecule has 6 heteroatoms. The molecule has 3 amide bonds. The molecule has 1 aliphatic carbocycles. The van der Waals surface area contributed by atoms with Gasteiger partial charge in [-0.3, -0.25) is 14.4 Å². The molecule has 2 aromatic carbocycles. The number of carbonyl (C=O) groups excluding carboxylic acids is 3. The van der Waals surface area contributed by atoms with Crippen LogP contribution < -0.4 is 16.4 Å². The third kappa shape index (κ3) is 6.17. The SMILES string of the molecule is NC(=O)CCC(=O)N[C@@H](CCc1ccccc1)C(=O)N[C@@H]1CCCc2ccccc21. The number of primary amides is 1. The highest BCUT2D eigenvalue weighted by Crippen LogP contribution is 2.29. The van der Waals surface area contributed by atoms with E-state index in [9.17, 15) is 14.4 Å². The van der Waals surface area contributed by atoms with Crippen molar-refractivity contribution in [2.75, 3.05) is 0 Å². The minimum absolute atomic E-state index is 0.0172. The molecule has 2 atom stereocenters. The minimum atomic E-state index is -0.667. The van der Waals surface area contributed by atoms with Gasteiger partial charge >= 0.3 is 0 Å². The Hall–Kier alpha value is -3.15. The Morgan fingerprint density at radius 2 is 1.73 bits per heavy atom. The number of fused-ring (bicyclic) bond motifs is 1. The van der Waals surface area contributed by atoms with Crippen molar-refractivity contribution < 1.29 is 14.4 Å². The lowest BCUT2D eigenvalue weighted by Crippen LogP contribution is -2.48. The Morgan fingerprint density at radius 3 is 2.50 bits per heavy atom. The highest BCUT2D eigenvalue weighted by atomic mass is 16.2. The summed E-state index contributed by atoms with van der Waals surface area (Å²) in [6.45, 7) is 0. The summed E-state index contributed by atoms with van der Waals surface area (Å²) in [5, 5.41) is 5.93. The van der Waals surface area contributed by atoms with Gasteiger partial charge in [-0.2, -0.15) is 0 Å². The smallest absolute Gasteiger partial charge is 0.243 e. The average Bonchev–Trinajstić information content (AvgIpc) is 2.76. The Bertz CT molecular complexity index is 882. The summed E-state index contributed by atoms with van der Waals surface area (Å²) in [7, 11) is 0. The van der Waals surface area contributed by atoms with Gasteiger partial charge in [0.05, 0.1) is 6.04 Å². The average molecular weight is 408 g/mol. The van der Waals surface area contributed by atoms with E-state index in [1.54, 1.807) is 0 Å². The van der Waals surface area contributed by atoms with Gasteiger partial charge in [-0.15, -0.1) is 0 Å². The van der Waals surface area contributed by atoms with Gasteiger partial charge in [0.15, 0.2) is 0 Å². The minimum Gasteiger partial charge on any atom is -0.370 e. The van der Waals surface area contributed by atoms with E-state index in [1.807, 2.05) is 42.5 Å².